The zero-order chi connectivity index (χ0) is 37.5. The highest BCUT2D eigenvalue weighted by Crippen LogP contribution is 2.59. The number of aromatic nitrogens is 1. The molecule has 266 valence electrons. The van der Waals surface area contributed by atoms with E-state index in [9.17, 15) is 0 Å². The normalized spacial score (nSPS) is 13.1. The summed E-state index contributed by atoms with van der Waals surface area (Å²) in [4.78, 5) is 0. The smallest absolute Gasteiger partial charge is 0.143 e. The minimum Gasteiger partial charge on any atom is -0.455 e. The lowest BCUT2D eigenvalue weighted by molar-refractivity contribution is 0.669. The first-order chi connectivity index (χ1) is 28.3. The van der Waals surface area contributed by atoms with E-state index in [1.165, 1.54) is 77.4 Å². The van der Waals surface area contributed by atoms with Gasteiger partial charge in [0, 0.05) is 32.8 Å². The third kappa shape index (κ3) is 4.59. The molecule has 0 saturated heterocycles. The average molecular weight is 726 g/mol. The maximum Gasteiger partial charge on any atom is 0.143 e. The zero-order valence-corrected chi connectivity index (χ0v) is 31.1. The number of fused-ring (bicyclic) bond motifs is 10. The molecule has 12 rings (SSSR count). The molecule has 9 aromatic carbocycles. The van der Waals surface area contributed by atoms with Gasteiger partial charge in [-0.15, -0.1) is 0 Å². The minimum absolute atomic E-state index is 0.587. The highest BCUT2D eigenvalue weighted by atomic mass is 16.3. The molecular weight excluding hydrogens is 691 g/mol. The summed E-state index contributed by atoms with van der Waals surface area (Å²) in [5.41, 5.74) is 16.9. The monoisotopic (exact) mass is 725 g/mol. The fourth-order valence-electron chi connectivity index (χ4n) is 9.80. The van der Waals surface area contributed by atoms with Crippen molar-refractivity contribution in [3.05, 3.63) is 235 Å². The van der Waals surface area contributed by atoms with Crippen LogP contribution in [0.15, 0.2) is 217 Å². The van der Waals surface area contributed by atoms with Crippen LogP contribution in [-0.4, -0.2) is 4.57 Å². The summed E-state index contributed by atoms with van der Waals surface area (Å²) in [6, 6.07) is 77.5. The average Bonchev–Trinajstić information content (AvgIpc) is 3.93. The van der Waals surface area contributed by atoms with E-state index in [-0.39, 0.29) is 0 Å². The summed E-state index contributed by atoms with van der Waals surface area (Å²) in [6.45, 7) is 0. The van der Waals surface area contributed by atoms with Crippen molar-refractivity contribution >= 4 is 43.7 Å². The van der Waals surface area contributed by atoms with Crippen molar-refractivity contribution in [2.45, 2.75) is 5.41 Å². The lowest BCUT2D eigenvalue weighted by atomic mass is 9.67. The molecule has 0 spiro atoms. The predicted octanol–water partition coefficient (Wildman–Crippen LogP) is 14.4. The summed E-state index contributed by atoms with van der Waals surface area (Å²) in [5, 5.41) is 4.74. The van der Waals surface area contributed by atoms with Crippen molar-refractivity contribution in [2.24, 2.45) is 0 Å². The molecule has 0 saturated carbocycles. The Morgan fingerprint density at radius 3 is 1.51 bits per heavy atom. The minimum atomic E-state index is -0.587. The van der Waals surface area contributed by atoms with E-state index in [1.807, 2.05) is 0 Å². The largest absolute Gasteiger partial charge is 0.455 e. The maximum atomic E-state index is 6.83. The summed E-state index contributed by atoms with van der Waals surface area (Å²) in [5.74, 6) is 0. The molecular formula is C55H35NO. The quantitative estimate of drug-likeness (QED) is 0.173. The van der Waals surface area contributed by atoms with E-state index in [2.05, 4.69) is 217 Å². The van der Waals surface area contributed by atoms with E-state index in [0.717, 1.165) is 27.6 Å². The van der Waals surface area contributed by atoms with Gasteiger partial charge in [-0.25, -0.2) is 0 Å². The van der Waals surface area contributed by atoms with Crippen LogP contribution in [0.4, 0.5) is 0 Å². The highest BCUT2D eigenvalue weighted by Gasteiger charge is 2.47. The van der Waals surface area contributed by atoms with Gasteiger partial charge in [0.2, 0.25) is 0 Å². The number of benzene rings is 9. The van der Waals surface area contributed by atoms with Crippen LogP contribution in [0.1, 0.15) is 22.3 Å². The Bertz CT molecular complexity index is 3180. The van der Waals surface area contributed by atoms with Gasteiger partial charge in [0.15, 0.2) is 0 Å². The molecule has 0 bridgehead atoms. The van der Waals surface area contributed by atoms with Crippen LogP contribution >= 0.6 is 0 Å². The van der Waals surface area contributed by atoms with Crippen LogP contribution in [0.2, 0.25) is 0 Å². The lowest BCUT2D eigenvalue weighted by Crippen LogP contribution is -2.28. The van der Waals surface area contributed by atoms with Crippen LogP contribution in [0.25, 0.3) is 82.8 Å². The Hall–Kier alpha value is -7.42. The molecule has 0 amide bonds. The third-order valence-electron chi connectivity index (χ3n) is 12.3. The van der Waals surface area contributed by atoms with E-state index in [4.69, 9.17) is 4.42 Å². The fraction of sp³-hybridized carbons (Fsp3) is 0.0182. The van der Waals surface area contributed by atoms with Crippen LogP contribution in [0, 0.1) is 0 Å². The van der Waals surface area contributed by atoms with Crippen molar-refractivity contribution in [1.82, 2.24) is 4.57 Å². The molecule has 0 fully saturated rings. The van der Waals surface area contributed by atoms with Crippen LogP contribution in [0.5, 0.6) is 0 Å². The number of furan rings is 1. The van der Waals surface area contributed by atoms with Crippen molar-refractivity contribution in [2.75, 3.05) is 0 Å². The molecule has 0 unspecified atom stereocenters. The SMILES string of the molecule is c1ccc(-c2ccc3c(c2)c2cc(-c4ccccc4)ccc2n3-c2ccc3c(c2)C(c2ccccc2)(c2ccccc2)c2ccc4c(oc5ccccc54)c2-3)cc1. The van der Waals surface area contributed by atoms with Crippen LogP contribution < -0.4 is 0 Å². The van der Waals surface area contributed by atoms with Gasteiger partial charge in [0.05, 0.1) is 16.4 Å². The van der Waals surface area contributed by atoms with Gasteiger partial charge >= 0.3 is 0 Å². The van der Waals surface area contributed by atoms with Gasteiger partial charge < -0.3 is 8.98 Å². The lowest BCUT2D eigenvalue weighted by Gasteiger charge is -2.34. The maximum absolute atomic E-state index is 6.83. The van der Waals surface area contributed by atoms with Gasteiger partial charge in [-0.2, -0.15) is 0 Å². The van der Waals surface area contributed by atoms with Gasteiger partial charge in [-0.3, -0.25) is 0 Å². The Kier molecular flexibility index (Phi) is 6.88. The Labute approximate surface area is 330 Å². The molecule has 2 heterocycles. The second-order valence-corrected chi connectivity index (χ2v) is 15.2. The Morgan fingerprint density at radius 2 is 0.912 bits per heavy atom. The van der Waals surface area contributed by atoms with E-state index in [1.54, 1.807) is 0 Å². The molecule has 11 aromatic rings. The summed E-state index contributed by atoms with van der Waals surface area (Å²) in [7, 11) is 0. The van der Waals surface area contributed by atoms with Crippen LogP contribution in [0.3, 0.4) is 0 Å². The molecule has 0 aliphatic heterocycles. The molecule has 0 atom stereocenters. The first-order valence-corrected chi connectivity index (χ1v) is 19.7. The van der Waals surface area contributed by atoms with E-state index >= 15 is 0 Å². The second-order valence-electron chi connectivity index (χ2n) is 15.2. The topological polar surface area (TPSA) is 18.1 Å². The number of para-hydroxylation sites is 1. The molecule has 57 heavy (non-hydrogen) atoms. The number of hydrogen-bond donors (Lipinski definition) is 0. The Balaban J connectivity index is 1.18. The van der Waals surface area contributed by atoms with Gasteiger partial charge in [-0.1, -0.05) is 170 Å². The molecule has 2 aromatic heterocycles. The van der Waals surface area contributed by atoms with Crippen molar-refractivity contribution in [1.29, 1.82) is 0 Å². The first-order valence-electron chi connectivity index (χ1n) is 19.7. The molecule has 2 nitrogen and oxygen atoms in total. The first kappa shape index (κ1) is 31.9. The molecule has 0 N–H and O–H groups in total. The molecule has 2 heteroatoms. The zero-order valence-electron chi connectivity index (χ0n) is 31.1. The van der Waals surface area contributed by atoms with Gasteiger partial charge in [0.25, 0.3) is 0 Å². The number of hydrogen-bond acceptors (Lipinski definition) is 1. The van der Waals surface area contributed by atoms with Gasteiger partial charge in [0.1, 0.15) is 11.2 Å². The highest BCUT2D eigenvalue weighted by molar-refractivity contribution is 6.14. The van der Waals surface area contributed by atoms with Crippen molar-refractivity contribution in [3.63, 3.8) is 0 Å². The Morgan fingerprint density at radius 1 is 0.368 bits per heavy atom. The van der Waals surface area contributed by atoms with Gasteiger partial charge in [-0.05, 0) is 92.5 Å². The van der Waals surface area contributed by atoms with E-state index < -0.39 is 5.41 Å². The standard InChI is InChI=1S/C55H35NO/c1-5-15-36(16-6-1)38-25-31-50-46(33-38)47-34-39(37-17-7-2-8-18-37)26-32-51(47)56(50)42-27-28-45-49(35-42)55(40-19-9-3-10-20-40,41-21-11-4-12-22-41)48-30-29-44-43-23-13-14-24-52(43)57-54(44)53(45)48/h1-35H. The summed E-state index contributed by atoms with van der Waals surface area (Å²) >= 11 is 0. The van der Waals surface area contributed by atoms with E-state index in [0.29, 0.717) is 0 Å². The second kappa shape index (κ2) is 12.3. The van der Waals surface area contributed by atoms with Crippen molar-refractivity contribution < 1.29 is 4.42 Å². The molecule has 1 aliphatic rings. The molecule has 1 aliphatic carbocycles. The summed E-state index contributed by atoms with van der Waals surface area (Å²) < 4.78 is 9.29. The molecule has 0 radical (unpaired) electrons. The predicted molar refractivity (Wildman–Crippen MR) is 236 cm³/mol. The van der Waals surface area contributed by atoms with Crippen molar-refractivity contribution in [3.8, 4) is 39.1 Å². The number of rotatable bonds is 5. The summed E-state index contributed by atoms with van der Waals surface area (Å²) in [6.07, 6.45) is 0. The third-order valence-corrected chi connectivity index (χ3v) is 12.3. The van der Waals surface area contributed by atoms with Crippen LogP contribution in [-0.2, 0) is 5.41 Å². The fourth-order valence-corrected chi connectivity index (χ4v) is 9.80. The number of nitrogens with zero attached hydrogens (tertiary/aromatic N) is 1.